The van der Waals surface area contributed by atoms with Crippen LogP contribution < -0.4 is 0 Å². The molecule has 0 saturated heterocycles. The molecule has 0 saturated carbocycles. The highest BCUT2D eigenvalue weighted by Crippen LogP contribution is 2.24. The van der Waals surface area contributed by atoms with Gasteiger partial charge in [-0.05, 0) is 30.3 Å². The highest BCUT2D eigenvalue weighted by Gasteiger charge is 2.11. The summed E-state index contributed by atoms with van der Waals surface area (Å²) in [6.07, 6.45) is 1.57. The summed E-state index contributed by atoms with van der Waals surface area (Å²) in [7, 11) is 0. The molecule has 0 atom stereocenters. The molecule has 2 aromatic heterocycles. The minimum absolute atomic E-state index is 0.490. The van der Waals surface area contributed by atoms with E-state index < -0.39 is 0 Å². The molecule has 0 N–H and O–H groups in total. The lowest BCUT2D eigenvalue weighted by molar-refractivity contribution is 0.960. The van der Waals surface area contributed by atoms with Crippen molar-refractivity contribution in [1.29, 1.82) is 5.26 Å². The number of rotatable bonds is 2. The predicted octanol–water partition coefficient (Wildman–Crippen LogP) is 3.67. The van der Waals surface area contributed by atoms with E-state index in [4.69, 9.17) is 5.26 Å². The van der Waals surface area contributed by atoms with Gasteiger partial charge in [-0.25, -0.2) is 9.50 Å². The first-order valence-corrected chi connectivity index (χ1v) is 6.70. The third-order valence-corrected chi connectivity index (χ3v) is 3.42. The summed E-state index contributed by atoms with van der Waals surface area (Å²) in [5.74, 6) is 0.504. The number of hydrogen-bond acceptors (Lipinski definition) is 3. The Balaban J connectivity index is 2.35. The highest BCUT2D eigenvalue weighted by atomic mass is 79.9. The van der Waals surface area contributed by atoms with Crippen molar-refractivity contribution in [2.75, 3.05) is 0 Å². The molecule has 2 heterocycles. The third-order valence-electron chi connectivity index (χ3n) is 2.92. The Morgan fingerprint density at radius 1 is 1.30 bits per heavy atom. The summed E-state index contributed by atoms with van der Waals surface area (Å²) in [6, 6.07) is 13.7. The molecule has 0 fully saturated rings. The summed E-state index contributed by atoms with van der Waals surface area (Å²) in [5.41, 5.74) is 2.90. The standard InChI is InChI=1S/C15H9BrN4/c1-2-14-18-15-11(9-17)6-7-13(20(15)19-14)10-4-3-5-12(16)8-10/h2-8H,1H2. The van der Waals surface area contributed by atoms with Gasteiger partial charge in [0.2, 0.25) is 0 Å². The van der Waals surface area contributed by atoms with E-state index in [1.54, 1.807) is 16.7 Å². The molecule has 3 rings (SSSR count). The molecule has 3 aromatic rings. The largest absolute Gasteiger partial charge is 0.211 e. The van der Waals surface area contributed by atoms with Crippen LogP contribution in [0.3, 0.4) is 0 Å². The molecule has 20 heavy (non-hydrogen) atoms. The van der Waals surface area contributed by atoms with Gasteiger partial charge in [-0.3, -0.25) is 0 Å². The topological polar surface area (TPSA) is 54.0 Å². The van der Waals surface area contributed by atoms with Crippen molar-refractivity contribution in [2.45, 2.75) is 0 Å². The normalized spacial score (nSPS) is 10.4. The Labute approximate surface area is 124 Å². The molecule has 0 spiro atoms. The van der Waals surface area contributed by atoms with Crippen LogP contribution in [-0.2, 0) is 0 Å². The number of nitriles is 1. The average Bonchev–Trinajstić information content (AvgIpc) is 2.90. The molecule has 0 aliphatic rings. The molecule has 0 amide bonds. The van der Waals surface area contributed by atoms with E-state index in [0.717, 1.165) is 15.7 Å². The van der Waals surface area contributed by atoms with E-state index in [9.17, 15) is 0 Å². The van der Waals surface area contributed by atoms with E-state index in [2.05, 4.69) is 38.7 Å². The first-order valence-electron chi connectivity index (χ1n) is 5.91. The molecule has 0 radical (unpaired) electrons. The highest BCUT2D eigenvalue weighted by molar-refractivity contribution is 9.10. The molecule has 0 aliphatic carbocycles. The van der Waals surface area contributed by atoms with Gasteiger partial charge < -0.3 is 0 Å². The zero-order valence-corrected chi connectivity index (χ0v) is 12.0. The van der Waals surface area contributed by atoms with Gasteiger partial charge in [-0.15, -0.1) is 5.10 Å². The molecule has 0 unspecified atom stereocenters. The number of benzene rings is 1. The van der Waals surface area contributed by atoms with Crippen LogP contribution >= 0.6 is 15.9 Å². The minimum Gasteiger partial charge on any atom is -0.211 e. The molecule has 0 aliphatic heterocycles. The van der Waals surface area contributed by atoms with Gasteiger partial charge in [-0.1, -0.05) is 34.6 Å². The summed E-state index contributed by atoms with van der Waals surface area (Å²) < 4.78 is 2.66. The zero-order valence-electron chi connectivity index (χ0n) is 10.4. The van der Waals surface area contributed by atoms with E-state index in [-0.39, 0.29) is 0 Å². The maximum Gasteiger partial charge on any atom is 0.174 e. The number of pyridine rings is 1. The van der Waals surface area contributed by atoms with Gasteiger partial charge in [0.15, 0.2) is 11.5 Å². The molecule has 5 heteroatoms. The lowest BCUT2D eigenvalue weighted by Crippen LogP contribution is -1.96. The van der Waals surface area contributed by atoms with Gasteiger partial charge in [0.05, 0.1) is 11.3 Å². The zero-order chi connectivity index (χ0) is 14.1. The van der Waals surface area contributed by atoms with Crippen LogP contribution in [0.1, 0.15) is 11.4 Å². The predicted molar refractivity (Wildman–Crippen MR) is 80.9 cm³/mol. The number of halogens is 1. The summed E-state index contributed by atoms with van der Waals surface area (Å²) in [4.78, 5) is 4.31. The van der Waals surface area contributed by atoms with Crippen LogP contribution in [0.4, 0.5) is 0 Å². The van der Waals surface area contributed by atoms with Crippen molar-refractivity contribution in [3.05, 3.63) is 58.8 Å². The van der Waals surface area contributed by atoms with E-state index in [1.165, 1.54) is 0 Å². The first kappa shape index (κ1) is 12.6. The second-order valence-corrected chi connectivity index (χ2v) is 5.08. The molecular formula is C15H9BrN4. The van der Waals surface area contributed by atoms with E-state index >= 15 is 0 Å². The summed E-state index contributed by atoms with van der Waals surface area (Å²) in [6.45, 7) is 3.67. The summed E-state index contributed by atoms with van der Waals surface area (Å²) >= 11 is 3.46. The van der Waals surface area contributed by atoms with Gasteiger partial charge in [0.25, 0.3) is 0 Å². The Morgan fingerprint density at radius 3 is 2.85 bits per heavy atom. The fourth-order valence-electron chi connectivity index (χ4n) is 2.02. The first-order chi connectivity index (χ1) is 9.72. The SMILES string of the molecule is C=Cc1nc2c(C#N)ccc(-c3cccc(Br)c3)n2n1. The Kier molecular flexibility index (Phi) is 3.09. The average molecular weight is 325 g/mol. The smallest absolute Gasteiger partial charge is 0.174 e. The van der Waals surface area contributed by atoms with Crippen molar-refractivity contribution in [1.82, 2.24) is 14.6 Å². The molecular weight excluding hydrogens is 316 g/mol. The molecule has 96 valence electrons. The van der Waals surface area contributed by atoms with Crippen molar-refractivity contribution in [2.24, 2.45) is 0 Å². The molecule has 4 nitrogen and oxygen atoms in total. The van der Waals surface area contributed by atoms with Crippen molar-refractivity contribution in [3.8, 4) is 17.3 Å². The fourth-order valence-corrected chi connectivity index (χ4v) is 2.42. The Morgan fingerprint density at radius 2 is 2.15 bits per heavy atom. The van der Waals surface area contributed by atoms with Crippen LogP contribution in [0.2, 0.25) is 0 Å². The van der Waals surface area contributed by atoms with Crippen LogP contribution in [0.5, 0.6) is 0 Å². The lowest BCUT2D eigenvalue weighted by atomic mass is 10.1. The van der Waals surface area contributed by atoms with Gasteiger partial charge >= 0.3 is 0 Å². The molecule has 1 aromatic carbocycles. The Hall–Kier alpha value is -2.45. The second-order valence-electron chi connectivity index (χ2n) is 4.16. The van der Waals surface area contributed by atoms with Gasteiger partial charge in [-0.2, -0.15) is 5.26 Å². The van der Waals surface area contributed by atoms with Crippen molar-refractivity contribution in [3.63, 3.8) is 0 Å². The van der Waals surface area contributed by atoms with Gasteiger partial charge in [0.1, 0.15) is 6.07 Å². The van der Waals surface area contributed by atoms with Crippen LogP contribution in [-0.4, -0.2) is 14.6 Å². The third kappa shape index (κ3) is 2.00. The fraction of sp³-hybridized carbons (Fsp3) is 0. The number of nitrogens with zero attached hydrogens (tertiary/aromatic N) is 4. The summed E-state index contributed by atoms with van der Waals surface area (Å²) in [5, 5.41) is 13.5. The second kappa shape index (κ2) is 4.91. The van der Waals surface area contributed by atoms with Crippen molar-refractivity contribution < 1.29 is 0 Å². The van der Waals surface area contributed by atoms with Crippen LogP contribution in [0.25, 0.3) is 23.0 Å². The van der Waals surface area contributed by atoms with Crippen molar-refractivity contribution >= 4 is 27.7 Å². The monoisotopic (exact) mass is 324 g/mol. The molecule has 0 bridgehead atoms. The van der Waals surface area contributed by atoms with Gasteiger partial charge in [0, 0.05) is 10.0 Å². The van der Waals surface area contributed by atoms with E-state index in [0.29, 0.717) is 17.0 Å². The van der Waals surface area contributed by atoms with E-state index in [1.807, 2.05) is 30.3 Å². The number of fused-ring (bicyclic) bond motifs is 1. The minimum atomic E-state index is 0.490. The quantitative estimate of drug-likeness (QED) is 0.722. The Bertz CT molecular complexity index is 858. The number of aromatic nitrogens is 3. The number of hydrogen-bond donors (Lipinski definition) is 0. The van der Waals surface area contributed by atoms with Crippen LogP contribution in [0.15, 0.2) is 47.4 Å². The maximum atomic E-state index is 9.16. The lowest BCUT2D eigenvalue weighted by Gasteiger charge is -2.05. The van der Waals surface area contributed by atoms with Crippen LogP contribution in [0, 0.1) is 11.3 Å². The maximum absolute atomic E-state index is 9.16.